The van der Waals surface area contributed by atoms with Crippen molar-refractivity contribution in [2.45, 2.75) is 12.5 Å². The fourth-order valence-electron chi connectivity index (χ4n) is 1.33. The number of ketones is 1. The highest BCUT2D eigenvalue weighted by molar-refractivity contribution is 6.19. The first-order chi connectivity index (χ1) is 7.99. The SMILES string of the molecule is O=C(CCCl)c1cccc(C(O)C(=O)O)c1F. The molecule has 92 valence electrons. The van der Waals surface area contributed by atoms with E-state index in [1.807, 2.05) is 0 Å². The summed E-state index contributed by atoms with van der Waals surface area (Å²) in [4.78, 5) is 22.0. The van der Waals surface area contributed by atoms with Crippen molar-refractivity contribution < 1.29 is 24.2 Å². The lowest BCUT2D eigenvalue weighted by Gasteiger charge is -2.09. The van der Waals surface area contributed by atoms with E-state index >= 15 is 0 Å². The zero-order valence-corrected chi connectivity index (χ0v) is 9.45. The average molecular weight is 261 g/mol. The molecule has 0 aliphatic carbocycles. The van der Waals surface area contributed by atoms with E-state index in [2.05, 4.69) is 0 Å². The van der Waals surface area contributed by atoms with Gasteiger partial charge < -0.3 is 10.2 Å². The van der Waals surface area contributed by atoms with Crippen molar-refractivity contribution in [1.82, 2.24) is 0 Å². The summed E-state index contributed by atoms with van der Waals surface area (Å²) in [5.74, 6) is -3.08. The molecule has 1 aromatic carbocycles. The normalized spacial score (nSPS) is 12.2. The molecule has 0 saturated carbocycles. The van der Waals surface area contributed by atoms with Gasteiger partial charge in [-0.15, -0.1) is 11.6 Å². The van der Waals surface area contributed by atoms with Gasteiger partial charge in [-0.05, 0) is 6.07 Å². The van der Waals surface area contributed by atoms with Crippen LogP contribution in [0, 0.1) is 5.82 Å². The molecule has 0 spiro atoms. The van der Waals surface area contributed by atoms with Crippen molar-refractivity contribution in [3.63, 3.8) is 0 Å². The van der Waals surface area contributed by atoms with Crippen molar-refractivity contribution in [1.29, 1.82) is 0 Å². The zero-order valence-electron chi connectivity index (χ0n) is 8.69. The third-order valence-corrected chi connectivity index (χ3v) is 2.37. The zero-order chi connectivity index (χ0) is 13.0. The van der Waals surface area contributed by atoms with Crippen molar-refractivity contribution >= 4 is 23.4 Å². The number of halogens is 2. The quantitative estimate of drug-likeness (QED) is 0.625. The topological polar surface area (TPSA) is 74.6 Å². The summed E-state index contributed by atoms with van der Waals surface area (Å²) in [5.41, 5.74) is -0.693. The van der Waals surface area contributed by atoms with Crippen LogP contribution in [0.3, 0.4) is 0 Å². The lowest BCUT2D eigenvalue weighted by atomic mass is 10.0. The van der Waals surface area contributed by atoms with Crippen LogP contribution in [0.1, 0.15) is 28.4 Å². The number of carboxylic acids is 1. The number of aliphatic carboxylic acids is 1. The van der Waals surface area contributed by atoms with Crippen LogP contribution in [-0.4, -0.2) is 27.8 Å². The number of hydrogen-bond acceptors (Lipinski definition) is 3. The van der Waals surface area contributed by atoms with E-state index < -0.39 is 29.2 Å². The minimum atomic E-state index is -1.99. The van der Waals surface area contributed by atoms with Gasteiger partial charge in [-0.25, -0.2) is 9.18 Å². The molecule has 0 aliphatic rings. The van der Waals surface area contributed by atoms with Gasteiger partial charge >= 0.3 is 5.97 Å². The van der Waals surface area contributed by atoms with Crippen LogP contribution < -0.4 is 0 Å². The first-order valence-electron chi connectivity index (χ1n) is 4.77. The Morgan fingerprint density at radius 3 is 2.59 bits per heavy atom. The number of hydrogen-bond donors (Lipinski definition) is 2. The molecule has 1 aromatic rings. The van der Waals surface area contributed by atoms with Crippen LogP contribution in [0.5, 0.6) is 0 Å². The van der Waals surface area contributed by atoms with Crippen molar-refractivity contribution in [2.24, 2.45) is 0 Å². The first-order valence-corrected chi connectivity index (χ1v) is 5.31. The smallest absolute Gasteiger partial charge is 0.337 e. The summed E-state index contributed by atoms with van der Waals surface area (Å²) in [6.07, 6.45) is -2.04. The molecule has 1 rings (SSSR count). The van der Waals surface area contributed by atoms with E-state index in [-0.39, 0.29) is 17.9 Å². The molecule has 4 nitrogen and oxygen atoms in total. The van der Waals surface area contributed by atoms with Gasteiger partial charge in [-0.3, -0.25) is 4.79 Å². The molecule has 2 N–H and O–H groups in total. The number of carboxylic acid groups (broad SMARTS) is 1. The lowest BCUT2D eigenvalue weighted by molar-refractivity contribution is -0.147. The minimum Gasteiger partial charge on any atom is -0.479 e. The van der Waals surface area contributed by atoms with E-state index in [0.717, 1.165) is 6.07 Å². The monoisotopic (exact) mass is 260 g/mol. The lowest BCUT2D eigenvalue weighted by Crippen LogP contribution is -2.14. The maximum Gasteiger partial charge on any atom is 0.337 e. The second-order valence-corrected chi connectivity index (χ2v) is 3.69. The molecule has 17 heavy (non-hydrogen) atoms. The highest BCUT2D eigenvalue weighted by atomic mass is 35.5. The van der Waals surface area contributed by atoms with E-state index in [9.17, 15) is 19.1 Å². The van der Waals surface area contributed by atoms with Gasteiger partial charge in [-0.1, -0.05) is 12.1 Å². The summed E-state index contributed by atoms with van der Waals surface area (Å²) in [7, 11) is 0. The number of rotatable bonds is 5. The number of aliphatic hydroxyl groups excluding tert-OH is 1. The summed E-state index contributed by atoms with van der Waals surface area (Å²) in [5, 5.41) is 17.8. The number of carbonyl (C=O) groups is 2. The Bertz CT molecular complexity index is 447. The van der Waals surface area contributed by atoms with Gasteiger partial charge in [-0.2, -0.15) is 0 Å². The maximum absolute atomic E-state index is 13.8. The third-order valence-electron chi connectivity index (χ3n) is 2.18. The first kappa shape index (κ1) is 13.6. The number of benzene rings is 1. The Hall–Kier alpha value is -1.46. The van der Waals surface area contributed by atoms with Gasteiger partial charge in [0.1, 0.15) is 5.82 Å². The third kappa shape index (κ3) is 3.01. The molecule has 0 aromatic heterocycles. The average Bonchev–Trinajstić information content (AvgIpc) is 2.28. The number of carbonyl (C=O) groups excluding carboxylic acids is 1. The maximum atomic E-state index is 13.8. The molecular formula is C11H10ClFO4. The molecule has 0 saturated heterocycles. The Balaban J connectivity index is 3.15. The highest BCUT2D eigenvalue weighted by Gasteiger charge is 2.23. The number of alkyl halides is 1. The van der Waals surface area contributed by atoms with E-state index in [1.165, 1.54) is 12.1 Å². The second kappa shape index (κ2) is 5.75. The summed E-state index contributed by atoms with van der Waals surface area (Å²) < 4.78 is 13.8. The second-order valence-electron chi connectivity index (χ2n) is 3.31. The predicted octanol–water partition coefficient (Wildman–Crippen LogP) is 1.76. The highest BCUT2D eigenvalue weighted by Crippen LogP contribution is 2.21. The van der Waals surface area contributed by atoms with Gasteiger partial charge in [0.05, 0.1) is 5.56 Å². The van der Waals surface area contributed by atoms with E-state index in [1.54, 1.807) is 0 Å². The van der Waals surface area contributed by atoms with Crippen LogP contribution in [-0.2, 0) is 4.79 Å². The van der Waals surface area contributed by atoms with Crippen LogP contribution in [0.25, 0.3) is 0 Å². The Labute approximate surface area is 102 Å². The Kier molecular flexibility index (Phi) is 4.60. The molecule has 1 unspecified atom stereocenters. The largest absolute Gasteiger partial charge is 0.479 e. The molecule has 6 heteroatoms. The standard InChI is InChI=1S/C11H10ClFO4/c12-5-4-8(14)6-2-1-3-7(9(6)13)10(15)11(16)17/h1-3,10,15H,4-5H2,(H,16,17). The summed E-state index contributed by atoms with van der Waals surface area (Å²) in [6.45, 7) is 0. The summed E-state index contributed by atoms with van der Waals surface area (Å²) >= 11 is 5.36. The van der Waals surface area contributed by atoms with Crippen LogP contribution in [0.2, 0.25) is 0 Å². The van der Waals surface area contributed by atoms with Crippen LogP contribution in [0.15, 0.2) is 18.2 Å². The molecule has 0 bridgehead atoms. The van der Waals surface area contributed by atoms with Crippen molar-refractivity contribution in [2.75, 3.05) is 5.88 Å². The minimum absolute atomic E-state index is 0.0456. The molecule has 0 heterocycles. The predicted molar refractivity (Wildman–Crippen MR) is 58.7 cm³/mol. The molecule has 0 fully saturated rings. The van der Waals surface area contributed by atoms with Gasteiger partial charge in [0, 0.05) is 17.9 Å². The fraction of sp³-hybridized carbons (Fsp3) is 0.273. The Morgan fingerprint density at radius 2 is 2.06 bits per heavy atom. The molecular weight excluding hydrogens is 251 g/mol. The van der Waals surface area contributed by atoms with Crippen molar-refractivity contribution in [3.05, 3.63) is 35.1 Å². The number of aliphatic hydroxyl groups is 1. The molecule has 0 amide bonds. The Morgan fingerprint density at radius 1 is 1.41 bits per heavy atom. The van der Waals surface area contributed by atoms with Gasteiger partial charge in [0.2, 0.25) is 0 Å². The number of Topliss-reactive ketones (excluding diaryl/α,β-unsaturated/α-hetero) is 1. The van der Waals surface area contributed by atoms with Gasteiger partial charge in [0.25, 0.3) is 0 Å². The summed E-state index contributed by atoms with van der Waals surface area (Å²) in [6, 6.07) is 3.65. The fourth-order valence-corrected chi connectivity index (χ4v) is 1.50. The molecule has 1 atom stereocenters. The molecule has 0 aliphatic heterocycles. The molecule has 0 radical (unpaired) electrons. The van der Waals surface area contributed by atoms with Gasteiger partial charge in [0.15, 0.2) is 11.9 Å². The van der Waals surface area contributed by atoms with Crippen molar-refractivity contribution in [3.8, 4) is 0 Å². The van der Waals surface area contributed by atoms with E-state index in [4.69, 9.17) is 16.7 Å². The van der Waals surface area contributed by atoms with Crippen LogP contribution >= 0.6 is 11.6 Å². The van der Waals surface area contributed by atoms with Crippen LogP contribution in [0.4, 0.5) is 4.39 Å². The van der Waals surface area contributed by atoms with E-state index in [0.29, 0.717) is 0 Å².